The third-order valence-electron chi connectivity index (χ3n) is 4.74. The van der Waals surface area contributed by atoms with Crippen LogP contribution in [0.4, 0.5) is 0 Å². The number of hydrogen-bond acceptors (Lipinski definition) is 5. The Morgan fingerprint density at radius 2 is 1.83 bits per heavy atom. The van der Waals surface area contributed by atoms with Gasteiger partial charge in [-0.15, -0.1) is 0 Å². The Kier molecular flexibility index (Phi) is 5.72. The van der Waals surface area contributed by atoms with E-state index in [9.17, 15) is 14.4 Å². The maximum atomic E-state index is 12.4. The second-order valence-corrected chi connectivity index (χ2v) is 6.65. The maximum Gasteiger partial charge on any atom is 0.339 e. The van der Waals surface area contributed by atoms with Crippen molar-refractivity contribution in [1.82, 2.24) is 15.4 Å². The number of fused-ring (bicyclic) bond motifs is 1. The fourth-order valence-corrected chi connectivity index (χ4v) is 3.22. The molecule has 8 heteroatoms. The van der Waals surface area contributed by atoms with Crippen LogP contribution in [0.2, 0.25) is 0 Å². The van der Waals surface area contributed by atoms with Gasteiger partial charge in [-0.1, -0.05) is 18.2 Å². The molecule has 0 spiro atoms. The van der Waals surface area contributed by atoms with Gasteiger partial charge < -0.3 is 13.7 Å². The standard InChI is InChI=1S/C21H23N3O5/c1-5-28-21(27)16-10-12(2)24(14(16)4)11-18(25)22-23-20(26)19-13(3)15-8-6-7-9-17(15)29-19/h6-10H,5,11H2,1-4H3,(H,22,25)(H,23,26). The third kappa shape index (κ3) is 4.01. The maximum absolute atomic E-state index is 12.4. The third-order valence-corrected chi connectivity index (χ3v) is 4.74. The lowest BCUT2D eigenvalue weighted by molar-refractivity contribution is -0.122. The molecule has 0 unspecified atom stereocenters. The number of nitrogens with zero attached hydrogens (tertiary/aromatic N) is 1. The van der Waals surface area contributed by atoms with Crippen LogP contribution < -0.4 is 10.9 Å². The number of ether oxygens (including phenoxy) is 1. The fourth-order valence-electron chi connectivity index (χ4n) is 3.22. The van der Waals surface area contributed by atoms with Gasteiger partial charge in [0.1, 0.15) is 12.1 Å². The molecule has 2 aromatic heterocycles. The van der Waals surface area contributed by atoms with E-state index in [0.29, 0.717) is 22.4 Å². The highest BCUT2D eigenvalue weighted by atomic mass is 16.5. The van der Waals surface area contributed by atoms with Crippen molar-refractivity contribution in [3.05, 3.63) is 58.6 Å². The Bertz CT molecular complexity index is 1090. The largest absolute Gasteiger partial charge is 0.462 e. The van der Waals surface area contributed by atoms with Crippen LogP contribution >= 0.6 is 0 Å². The Balaban J connectivity index is 1.66. The number of benzene rings is 1. The summed E-state index contributed by atoms with van der Waals surface area (Å²) in [6.45, 7) is 7.26. The van der Waals surface area contributed by atoms with Crippen LogP contribution in [-0.2, 0) is 16.1 Å². The summed E-state index contributed by atoms with van der Waals surface area (Å²) in [5.74, 6) is -1.27. The smallest absolute Gasteiger partial charge is 0.339 e. The van der Waals surface area contributed by atoms with Crippen molar-refractivity contribution in [2.24, 2.45) is 0 Å². The molecule has 152 valence electrons. The first kappa shape index (κ1) is 20.2. The second kappa shape index (κ2) is 8.22. The molecule has 0 saturated carbocycles. The zero-order valence-corrected chi connectivity index (χ0v) is 16.8. The molecule has 0 saturated heterocycles. The molecule has 0 aliphatic rings. The molecule has 3 aromatic rings. The molecule has 0 aliphatic carbocycles. The lowest BCUT2D eigenvalue weighted by Gasteiger charge is -2.11. The number of furan rings is 1. The first-order valence-electron chi connectivity index (χ1n) is 9.24. The lowest BCUT2D eigenvalue weighted by Crippen LogP contribution is -2.43. The number of para-hydroxylation sites is 1. The zero-order chi connectivity index (χ0) is 21.1. The van der Waals surface area contributed by atoms with Crippen molar-refractivity contribution in [2.75, 3.05) is 6.61 Å². The minimum absolute atomic E-state index is 0.0591. The average molecular weight is 397 g/mol. The summed E-state index contributed by atoms with van der Waals surface area (Å²) in [6.07, 6.45) is 0. The number of carbonyl (C=O) groups is 3. The Labute approximate surface area is 167 Å². The van der Waals surface area contributed by atoms with E-state index in [1.165, 1.54) is 0 Å². The normalized spacial score (nSPS) is 10.8. The molecular formula is C21H23N3O5. The number of carbonyl (C=O) groups excluding carboxylic acids is 3. The van der Waals surface area contributed by atoms with Gasteiger partial charge in [-0.25, -0.2) is 4.79 Å². The molecule has 0 atom stereocenters. The minimum Gasteiger partial charge on any atom is -0.462 e. The van der Waals surface area contributed by atoms with Crippen LogP contribution in [0, 0.1) is 20.8 Å². The molecule has 29 heavy (non-hydrogen) atoms. The van der Waals surface area contributed by atoms with Crippen molar-refractivity contribution in [1.29, 1.82) is 0 Å². The number of hydrogen-bond donors (Lipinski definition) is 2. The van der Waals surface area contributed by atoms with E-state index in [2.05, 4.69) is 10.9 Å². The Morgan fingerprint density at radius 1 is 1.10 bits per heavy atom. The summed E-state index contributed by atoms with van der Waals surface area (Å²) in [4.78, 5) is 36.7. The topological polar surface area (TPSA) is 103 Å². The Hall–Kier alpha value is -3.55. The van der Waals surface area contributed by atoms with Crippen LogP contribution in [0.15, 0.2) is 34.7 Å². The summed E-state index contributed by atoms with van der Waals surface area (Å²) in [7, 11) is 0. The highest BCUT2D eigenvalue weighted by molar-refractivity contribution is 5.99. The zero-order valence-electron chi connectivity index (χ0n) is 16.8. The van der Waals surface area contributed by atoms with E-state index < -0.39 is 17.8 Å². The predicted molar refractivity (Wildman–Crippen MR) is 106 cm³/mol. The lowest BCUT2D eigenvalue weighted by atomic mass is 10.1. The summed E-state index contributed by atoms with van der Waals surface area (Å²) in [5.41, 5.74) is 7.83. The number of nitrogens with one attached hydrogen (secondary N) is 2. The van der Waals surface area contributed by atoms with E-state index in [1.54, 1.807) is 44.4 Å². The van der Waals surface area contributed by atoms with Gasteiger partial charge in [0.25, 0.3) is 5.91 Å². The molecule has 2 heterocycles. The van der Waals surface area contributed by atoms with Gasteiger partial charge in [-0.05, 0) is 39.8 Å². The molecule has 3 rings (SSSR count). The van der Waals surface area contributed by atoms with E-state index in [0.717, 1.165) is 11.1 Å². The number of esters is 1. The van der Waals surface area contributed by atoms with Gasteiger partial charge in [0, 0.05) is 22.3 Å². The van der Waals surface area contributed by atoms with E-state index in [4.69, 9.17) is 9.15 Å². The fraction of sp³-hybridized carbons (Fsp3) is 0.286. The minimum atomic E-state index is -0.541. The van der Waals surface area contributed by atoms with E-state index in [1.807, 2.05) is 18.2 Å². The predicted octanol–water partition coefficient (Wildman–Crippen LogP) is 2.80. The van der Waals surface area contributed by atoms with Gasteiger partial charge >= 0.3 is 11.9 Å². The van der Waals surface area contributed by atoms with Crippen LogP contribution in [0.5, 0.6) is 0 Å². The van der Waals surface area contributed by atoms with E-state index in [-0.39, 0.29) is 18.9 Å². The highest BCUT2D eigenvalue weighted by Crippen LogP contribution is 2.24. The first-order valence-corrected chi connectivity index (χ1v) is 9.24. The molecule has 0 fully saturated rings. The monoisotopic (exact) mass is 397 g/mol. The molecule has 0 aliphatic heterocycles. The van der Waals surface area contributed by atoms with Gasteiger partial charge in [-0.2, -0.15) is 0 Å². The van der Waals surface area contributed by atoms with Crippen molar-refractivity contribution in [2.45, 2.75) is 34.2 Å². The summed E-state index contributed by atoms with van der Waals surface area (Å²) in [6, 6.07) is 9.00. The van der Waals surface area contributed by atoms with Crippen molar-refractivity contribution in [3.8, 4) is 0 Å². The molecule has 8 nitrogen and oxygen atoms in total. The van der Waals surface area contributed by atoms with Crippen LogP contribution in [0.1, 0.15) is 44.8 Å². The van der Waals surface area contributed by atoms with Crippen LogP contribution in [-0.4, -0.2) is 29.0 Å². The van der Waals surface area contributed by atoms with Crippen molar-refractivity contribution in [3.63, 3.8) is 0 Å². The number of hydrazine groups is 1. The Morgan fingerprint density at radius 3 is 2.52 bits per heavy atom. The number of amides is 2. The van der Waals surface area contributed by atoms with Crippen molar-refractivity contribution >= 4 is 28.8 Å². The second-order valence-electron chi connectivity index (χ2n) is 6.65. The SMILES string of the molecule is CCOC(=O)c1cc(C)n(CC(=O)NNC(=O)c2oc3ccccc3c2C)c1C. The van der Waals surface area contributed by atoms with Gasteiger partial charge in [-0.3, -0.25) is 20.4 Å². The summed E-state index contributed by atoms with van der Waals surface area (Å²) < 4.78 is 12.3. The number of aromatic nitrogens is 1. The van der Waals surface area contributed by atoms with Gasteiger partial charge in [0.2, 0.25) is 0 Å². The van der Waals surface area contributed by atoms with Crippen molar-refractivity contribution < 1.29 is 23.5 Å². The number of rotatable bonds is 5. The molecule has 0 radical (unpaired) electrons. The molecule has 0 bridgehead atoms. The van der Waals surface area contributed by atoms with Crippen LogP contribution in [0.3, 0.4) is 0 Å². The average Bonchev–Trinajstić information content (AvgIpc) is 3.18. The van der Waals surface area contributed by atoms with Gasteiger partial charge in [0.15, 0.2) is 5.76 Å². The molecule has 2 amide bonds. The quantitative estimate of drug-likeness (QED) is 0.509. The number of aryl methyl sites for hydroxylation is 2. The molecular weight excluding hydrogens is 374 g/mol. The summed E-state index contributed by atoms with van der Waals surface area (Å²) in [5, 5.41) is 0.842. The summed E-state index contributed by atoms with van der Waals surface area (Å²) >= 11 is 0. The first-order chi connectivity index (χ1) is 13.8. The van der Waals surface area contributed by atoms with Crippen LogP contribution in [0.25, 0.3) is 11.0 Å². The molecule has 1 aromatic carbocycles. The molecule has 2 N–H and O–H groups in total. The highest BCUT2D eigenvalue weighted by Gasteiger charge is 2.20. The van der Waals surface area contributed by atoms with Gasteiger partial charge in [0.05, 0.1) is 12.2 Å². The van der Waals surface area contributed by atoms with E-state index >= 15 is 0 Å².